The first-order valence-corrected chi connectivity index (χ1v) is 11.7. The van der Waals surface area contributed by atoms with Gasteiger partial charge in [0, 0.05) is 28.9 Å². The van der Waals surface area contributed by atoms with Gasteiger partial charge in [0.2, 0.25) is 0 Å². The number of aromatic nitrogens is 1. The Hall–Kier alpha value is -2.92. The Bertz CT molecular complexity index is 1070. The zero-order valence-corrected chi connectivity index (χ0v) is 19.4. The average Bonchev–Trinajstić information content (AvgIpc) is 3.36. The van der Waals surface area contributed by atoms with Crippen LogP contribution in [0.4, 0.5) is 5.69 Å². The van der Waals surface area contributed by atoms with Gasteiger partial charge in [-0.3, -0.25) is 14.7 Å². The lowest BCUT2D eigenvalue weighted by Crippen LogP contribution is -2.23. The molecule has 0 spiro atoms. The fraction of sp³-hybridized carbons (Fsp3) is 0.407. The summed E-state index contributed by atoms with van der Waals surface area (Å²) in [7, 11) is 0. The van der Waals surface area contributed by atoms with Crippen molar-refractivity contribution in [3.63, 3.8) is 0 Å². The van der Waals surface area contributed by atoms with Crippen molar-refractivity contribution in [3.05, 3.63) is 65.4 Å². The number of hydrogen-bond donors (Lipinski definition) is 1. The topological polar surface area (TPSA) is 54.5 Å². The number of likely N-dealkylation sites (tertiary alicyclic amines) is 1. The molecule has 0 radical (unpaired) electrons. The molecular formula is C27H33N3O2. The van der Waals surface area contributed by atoms with E-state index in [1.54, 1.807) is 12.1 Å². The zero-order valence-electron chi connectivity index (χ0n) is 19.4. The lowest BCUT2D eigenvalue weighted by Gasteiger charge is -2.24. The van der Waals surface area contributed by atoms with Crippen LogP contribution in [0.3, 0.4) is 0 Å². The minimum Gasteiger partial charge on any atom is -0.494 e. The molecule has 0 aliphatic carbocycles. The van der Waals surface area contributed by atoms with Gasteiger partial charge in [0.25, 0.3) is 5.91 Å². The van der Waals surface area contributed by atoms with E-state index >= 15 is 0 Å². The molecule has 0 bridgehead atoms. The Kier molecular flexibility index (Phi) is 7.05. The molecule has 2 heterocycles. The molecule has 1 atom stereocenters. The molecule has 2 aromatic carbocycles. The molecule has 4 rings (SSSR count). The number of anilines is 1. The number of pyridine rings is 1. The van der Waals surface area contributed by atoms with E-state index in [1.165, 1.54) is 18.4 Å². The minimum absolute atomic E-state index is 0.133. The molecule has 1 unspecified atom stereocenters. The van der Waals surface area contributed by atoms with Gasteiger partial charge in [0.05, 0.1) is 12.1 Å². The molecule has 3 aromatic rings. The van der Waals surface area contributed by atoms with Crippen LogP contribution in [0.15, 0.2) is 48.7 Å². The summed E-state index contributed by atoms with van der Waals surface area (Å²) in [5.74, 6) is 0.659. The molecule has 0 saturated carbocycles. The maximum Gasteiger partial charge on any atom is 0.255 e. The van der Waals surface area contributed by atoms with Crippen molar-refractivity contribution in [2.75, 3.05) is 25.0 Å². The highest BCUT2D eigenvalue weighted by Crippen LogP contribution is 2.29. The molecule has 5 heteroatoms. The Morgan fingerprint density at radius 3 is 2.62 bits per heavy atom. The molecule has 168 valence electrons. The number of amides is 1. The van der Waals surface area contributed by atoms with Gasteiger partial charge in [0.1, 0.15) is 5.75 Å². The van der Waals surface area contributed by atoms with Gasteiger partial charge in [-0.15, -0.1) is 0 Å². The number of hydrogen-bond acceptors (Lipinski definition) is 4. The normalized spacial score (nSPS) is 15.1. The van der Waals surface area contributed by atoms with Crippen LogP contribution in [0.25, 0.3) is 10.9 Å². The van der Waals surface area contributed by atoms with Crippen LogP contribution >= 0.6 is 0 Å². The molecule has 1 N–H and O–H groups in total. The summed E-state index contributed by atoms with van der Waals surface area (Å²) in [5.41, 5.74) is 4.56. The summed E-state index contributed by atoms with van der Waals surface area (Å²) in [6.07, 6.45) is 6.67. The monoisotopic (exact) mass is 431 g/mol. The maximum atomic E-state index is 12.8. The Labute approximate surface area is 190 Å². The van der Waals surface area contributed by atoms with Crippen LogP contribution in [0.1, 0.15) is 67.1 Å². The predicted molar refractivity (Wildman–Crippen MR) is 131 cm³/mol. The third-order valence-corrected chi connectivity index (χ3v) is 6.43. The number of nitrogens with one attached hydrogen (secondary N) is 1. The van der Waals surface area contributed by atoms with Crippen molar-refractivity contribution in [1.82, 2.24) is 9.88 Å². The molecule has 32 heavy (non-hydrogen) atoms. The van der Waals surface area contributed by atoms with E-state index in [9.17, 15) is 4.79 Å². The summed E-state index contributed by atoms with van der Waals surface area (Å²) in [4.78, 5) is 20.1. The van der Waals surface area contributed by atoms with Crippen LogP contribution < -0.4 is 10.1 Å². The number of rotatable bonds is 8. The fourth-order valence-corrected chi connectivity index (χ4v) is 4.30. The molecular weight excluding hydrogens is 398 g/mol. The van der Waals surface area contributed by atoms with Crippen molar-refractivity contribution in [3.8, 4) is 5.75 Å². The van der Waals surface area contributed by atoms with E-state index in [4.69, 9.17) is 9.72 Å². The van der Waals surface area contributed by atoms with E-state index in [1.807, 2.05) is 31.3 Å². The molecule has 1 aliphatic heterocycles. The second-order valence-corrected chi connectivity index (χ2v) is 8.68. The molecule has 1 amide bonds. The number of benzene rings is 2. The van der Waals surface area contributed by atoms with Gasteiger partial charge in [-0.25, -0.2) is 0 Å². The van der Waals surface area contributed by atoms with Crippen LogP contribution in [-0.2, 0) is 0 Å². The fourth-order valence-electron chi connectivity index (χ4n) is 4.30. The van der Waals surface area contributed by atoms with Gasteiger partial charge in [-0.1, -0.05) is 19.4 Å². The van der Waals surface area contributed by atoms with E-state index < -0.39 is 0 Å². The summed E-state index contributed by atoms with van der Waals surface area (Å²) >= 11 is 0. The number of carbonyl (C=O) groups is 1. The van der Waals surface area contributed by atoms with Crippen LogP contribution in [0, 0.1) is 6.92 Å². The third kappa shape index (κ3) is 4.94. The standard InChI is InChI=1S/C27H33N3O2/c1-4-5-16-32-24-11-8-21(9-12-24)27(31)29-25-13-10-22-17-23(18-28-26(22)19(25)2)20(3)30-14-6-7-15-30/h8-13,17-18,20H,4-7,14-16H2,1-3H3,(H,29,31). The lowest BCUT2D eigenvalue weighted by atomic mass is 10.0. The summed E-state index contributed by atoms with van der Waals surface area (Å²) < 4.78 is 5.68. The molecule has 1 aromatic heterocycles. The summed E-state index contributed by atoms with van der Waals surface area (Å²) in [5, 5.41) is 4.15. The molecule has 5 nitrogen and oxygen atoms in total. The van der Waals surface area contributed by atoms with Gasteiger partial charge in [-0.2, -0.15) is 0 Å². The summed E-state index contributed by atoms with van der Waals surface area (Å²) in [6.45, 7) is 9.43. The Morgan fingerprint density at radius 1 is 1.16 bits per heavy atom. The van der Waals surface area contributed by atoms with Gasteiger partial charge in [0.15, 0.2) is 0 Å². The number of ether oxygens (including phenoxy) is 1. The highest BCUT2D eigenvalue weighted by Gasteiger charge is 2.20. The van der Waals surface area contributed by atoms with E-state index in [2.05, 4.69) is 36.2 Å². The van der Waals surface area contributed by atoms with E-state index in [0.717, 1.165) is 53.8 Å². The van der Waals surface area contributed by atoms with Crippen molar-refractivity contribution < 1.29 is 9.53 Å². The van der Waals surface area contributed by atoms with E-state index in [-0.39, 0.29) is 5.91 Å². The molecule has 1 saturated heterocycles. The van der Waals surface area contributed by atoms with Crippen LogP contribution in [-0.4, -0.2) is 35.5 Å². The Morgan fingerprint density at radius 2 is 1.91 bits per heavy atom. The molecule has 1 fully saturated rings. The quantitative estimate of drug-likeness (QED) is 0.436. The molecule has 1 aliphatic rings. The highest BCUT2D eigenvalue weighted by molar-refractivity contribution is 6.06. The number of unbranched alkanes of at least 4 members (excludes halogenated alkanes) is 1. The van der Waals surface area contributed by atoms with Crippen LogP contribution in [0.2, 0.25) is 0 Å². The van der Waals surface area contributed by atoms with Crippen molar-refractivity contribution in [2.24, 2.45) is 0 Å². The first-order chi connectivity index (χ1) is 15.6. The second-order valence-electron chi connectivity index (χ2n) is 8.68. The Balaban J connectivity index is 1.47. The zero-order chi connectivity index (χ0) is 22.5. The SMILES string of the molecule is CCCCOc1ccc(C(=O)Nc2ccc3cc(C(C)N4CCCC4)cnc3c2C)cc1. The number of nitrogens with zero attached hydrogens (tertiary/aromatic N) is 2. The predicted octanol–water partition coefficient (Wildman–Crippen LogP) is 6.13. The van der Waals surface area contributed by atoms with Gasteiger partial charge < -0.3 is 10.1 Å². The average molecular weight is 432 g/mol. The van der Waals surface area contributed by atoms with E-state index in [0.29, 0.717) is 18.2 Å². The minimum atomic E-state index is -0.133. The van der Waals surface area contributed by atoms with Gasteiger partial charge in [-0.05, 0) is 93.7 Å². The maximum absolute atomic E-state index is 12.8. The number of carbonyl (C=O) groups excluding carboxylic acids is 1. The highest BCUT2D eigenvalue weighted by atomic mass is 16.5. The lowest BCUT2D eigenvalue weighted by molar-refractivity contribution is 0.102. The van der Waals surface area contributed by atoms with Crippen molar-refractivity contribution in [1.29, 1.82) is 0 Å². The summed E-state index contributed by atoms with van der Waals surface area (Å²) in [6, 6.07) is 13.9. The largest absolute Gasteiger partial charge is 0.494 e. The third-order valence-electron chi connectivity index (χ3n) is 6.43. The van der Waals surface area contributed by atoms with Crippen LogP contribution in [0.5, 0.6) is 5.75 Å². The second kappa shape index (κ2) is 10.1. The van der Waals surface area contributed by atoms with Gasteiger partial charge >= 0.3 is 0 Å². The smallest absolute Gasteiger partial charge is 0.255 e. The first-order valence-electron chi connectivity index (χ1n) is 11.7. The van der Waals surface area contributed by atoms with Crippen molar-refractivity contribution in [2.45, 2.75) is 52.5 Å². The van der Waals surface area contributed by atoms with Crippen molar-refractivity contribution >= 4 is 22.5 Å². The first kappa shape index (κ1) is 22.3. The number of aryl methyl sites for hydroxylation is 1. The number of fused-ring (bicyclic) bond motifs is 1.